The highest BCUT2D eigenvalue weighted by Gasteiger charge is 2.48. The molecule has 0 saturated carbocycles. The zero-order chi connectivity index (χ0) is 23.7. The third kappa shape index (κ3) is 3.95. The van der Waals surface area contributed by atoms with Crippen molar-refractivity contribution < 1.29 is 19.4 Å². The molecule has 1 N–H and O–H groups in total. The number of benzene rings is 3. The van der Waals surface area contributed by atoms with Gasteiger partial charge >= 0.3 is 5.91 Å². The van der Waals surface area contributed by atoms with E-state index in [4.69, 9.17) is 4.74 Å². The zero-order valence-corrected chi connectivity index (χ0v) is 18.9. The van der Waals surface area contributed by atoms with Crippen molar-refractivity contribution in [2.45, 2.75) is 13.0 Å². The van der Waals surface area contributed by atoms with Crippen LogP contribution in [0.4, 0.5) is 5.13 Å². The zero-order valence-electron chi connectivity index (χ0n) is 18.1. The van der Waals surface area contributed by atoms with E-state index in [-0.39, 0.29) is 16.5 Å². The van der Waals surface area contributed by atoms with Gasteiger partial charge in [0.05, 0.1) is 11.6 Å². The number of aryl methyl sites for hydroxylation is 1. The van der Waals surface area contributed by atoms with Crippen molar-refractivity contribution in [2.75, 3.05) is 4.90 Å². The van der Waals surface area contributed by atoms with Crippen LogP contribution < -0.4 is 9.64 Å². The normalized spacial score (nSPS) is 17.2. The maximum absolute atomic E-state index is 13.2. The van der Waals surface area contributed by atoms with Crippen LogP contribution in [-0.2, 0) is 9.59 Å². The molecule has 168 valence electrons. The van der Waals surface area contributed by atoms with Gasteiger partial charge in [-0.25, -0.2) is 0 Å². The van der Waals surface area contributed by atoms with E-state index in [2.05, 4.69) is 10.2 Å². The molecule has 3 aromatic carbocycles. The SMILES string of the molecule is Cc1nnc(N2C(=O)C(=O)C(=C(O)c3ccccc3)C2c2cccc(Oc3ccccc3)c2)s1. The Morgan fingerprint density at radius 2 is 1.59 bits per heavy atom. The first kappa shape index (κ1) is 21.5. The molecule has 7 nitrogen and oxygen atoms in total. The van der Waals surface area contributed by atoms with Gasteiger partial charge in [-0.15, -0.1) is 10.2 Å². The number of aromatic nitrogens is 2. The molecule has 8 heteroatoms. The lowest BCUT2D eigenvalue weighted by molar-refractivity contribution is -0.132. The molecule has 1 unspecified atom stereocenters. The van der Waals surface area contributed by atoms with Gasteiger partial charge in [0.15, 0.2) is 0 Å². The molecule has 1 saturated heterocycles. The Morgan fingerprint density at radius 1 is 0.912 bits per heavy atom. The van der Waals surface area contributed by atoms with Gasteiger partial charge in [-0.05, 0) is 36.8 Å². The van der Waals surface area contributed by atoms with Crippen molar-refractivity contribution in [1.29, 1.82) is 0 Å². The Kier molecular flexibility index (Phi) is 5.65. The van der Waals surface area contributed by atoms with Gasteiger partial charge < -0.3 is 9.84 Å². The standard InChI is InChI=1S/C26H19N3O4S/c1-16-27-28-26(34-16)29-22(18-11-8-14-20(15-18)33-19-12-6-3-7-13-19)21(24(31)25(29)32)23(30)17-9-4-2-5-10-17/h2-15,22,30H,1H3. The molecule has 1 fully saturated rings. The van der Waals surface area contributed by atoms with Crippen LogP contribution in [-0.4, -0.2) is 27.0 Å². The van der Waals surface area contributed by atoms with Crippen LogP contribution in [0.5, 0.6) is 11.5 Å². The van der Waals surface area contributed by atoms with E-state index in [0.29, 0.717) is 27.6 Å². The van der Waals surface area contributed by atoms with Crippen molar-refractivity contribution in [3.05, 3.63) is 107 Å². The van der Waals surface area contributed by atoms with Crippen LogP contribution in [0.2, 0.25) is 0 Å². The van der Waals surface area contributed by atoms with Gasteiger partial charge in [0.2, 0.25) is 5.13 Å². The van der Waals surface area contributed by atoms with E-state index in [1.165, 1.54) is 16.2 Å². The fourth-order valence-electron chi connectivity index (χ4n) is 3.85. The minimum atomic E-state index is -0.896. The van der Waals surface area contributed by atoms with Crippen molar-refractivity contribution in [1.82, 2.24) is 10.2 Å². The summed E-state index contributed by atoms with van der Waals surface area (Å²) in [7, 11) is 0. The number of Topliss-reactive ketones (excluding diaryl/α,β-unsaturated/α-hetero) is 1. The lowest BCUT2D eigenvalue weighted by Gasteiger charge is -2.23. The maximum atomic E-state index is 13.2. The second-order valence-electron chi connectivity index (χ2n) is 7.63. The fraction of sp³-hybridized carbons (Fsp3) is 0.0769. The largest absolute Gasteiger partial charge is 0.507 e. The van der Waals surface area contributed by atoms with Gasteiger partial charge in [0, 0.05) is 5.56 Å². The molecule has 1 aromatic heterocycles. The van der Waals surface area contributed by atoms with Gasteiger partial charge in [-0.2, -0.15) is 0 Å². The van der Waals surface area contributed by atoms with E-state index in [1.54, 1.807) is 61.5 Å². The lowest BCUT2D eigenvalue weighted by Crippen LogP contribution is -2.29. The van der Waals surface area contributed by atoms with Crippen molar-refractivity contribution >= 4 is 33.9 Å². The van der Waals surface area contributed by atoms with Crippen molar-refractivity contribution in [3.63, 3.8) is 0 Å². The van der Waals surface area contributed by atoms with E-state index in [0.717, 1.165) is 0 Å². The Morgan fingerprint density at radius 3 is 2.26 bits per heavy atom. The topological polar surface area (TPSA) is 92.6 Å². The second-order valence-corrected chi connectivity index (χ2v) is 8.79. The average Bonchev–Trinajstić information content (AvgIpc) is 3.40. The minimum Gasteiger partial charge on any atom is -0.507 e. The summed E-state index contributed by atoms with van der Waals surface area (Å²) in [6.45, 7) is 1.77. The lowest BCUT2D eigenvalue weighted by atomic mass is 9.95. The fourth-order valence-corrected chi connectivity index (χ4v) is 4.57. The monoisotopic (exact) mass is 469 g/mol. The summed E-state index contributed by atoms with van der Waals surface area (Å²) < 4.78 is 5.97. The van der Waals surface area contributed by atoms with Crippen LogP contribution in [0.25, 0.3) is 5.76 Å². The molecule has 1 aliphatic rings. The number of ether oxygens (including phenoxy) is 1. The molecule has 1 atom stereocenters. The highest BCUT2D eigenvalue weighted by molar-refractivity contribution is 7.15. The number of nitrogens with zero attached hydrogens (tertiary/aromatic N) is 3. The molecule has 0 aliphatic carbocycles. The number of hydrogen-bond donors (Lipinski definition) is 1. The highest BCUT2D eigenvalue weighted by Crippen LogP contribution is 2.43. The number of amides is 1. The molecular weight excluding hydrogens is 450 g/mol. The first-order valence-electron chi connectivity index (χ1n) is 10.5. The highest BCUT2D eigenvalue weighted by atomic mass is 32.1. The Balaban J connectivity index is 1.66. The van der Waals surface area contributed by atoms with Crippen molar-refractivity contribution in [3.8, 4) is 11.5 Å². The molecule has 5 rings (SSSR count). The molecule has 0 spiro atoms. The van der Waals surface area contributed by atoms with E-state index < -0.39 is 17.7 Å². The van der Waals surface area contributed by atoms with E-state index in [1.807, 2.05) is 30.3 Å². The number of aliphatic hydroxyl groups excluding tert-OH is 1. The summed E-state index contributed by atoms with van der Waals surface area (Å²) in [5.41, 5.74) is 1.02. The smallest absolute Gasteiger partial charge is 0.301 e. The van der Waals surface area contributed by atoms with Crippen LogP contribution in [0.3, 0.4) is 0 Å². The quantitative estimate of drug-likeness (QED) is 0.243. The summed E-state index contributed by atoms with van der Waals surface area (Å²) in [6, 6.07) is 24.2. The van der Waals surface area contributed by atoms with E-state index >= 15 is 0 Å². The third-order valence-electron chi connectivity index (χ3n) is 5.37. The van der Waals surface area contributed by atoms with Gasteiger partial charge in [0.1, 0.15) is 22.3 Å². The number of aliphatic hydroxyl groups is 1. The number of carbonyl (C=O) groups excluding carboxylic acids is 2. The Hall–Kier alpha value is -4.30. The van der Waals surface area contributed by atoms with Gasteiger partial charge in [-0.3, -0.25) is 14.5 Å². The van der Waals surface area contributed by atoms with Crippen molar-refractivity contribution in [2.24, 2.45) is 0 Å². The predicted octanol–water partition coefficient (Wildman–Crippen LogP) is 5.27. The molecule has 34 heavy (non-hydrogen) atoms. The molecular formula is C26H19N3O4S. The first-order chi connectivity index (χ1) is 16.5. The predicted molar refractivity (Wildman–Crippen MR) is 129 cm³/mol. The molecule has 2 heterocycles. The maximum Gasteiger partial charge on any atom is 0.301 e. The molecule has 1 amide bonds. The van der Waals surface area contributed by atoms with Gasteiger partial charge in [-0.1, -0.05) is 72.0 Å². The number of anilines is 1. The number of rotatable bonds is 5. The number of carbonyl (C=O) groups is 2. The average molecular weight is 470 g/mol. The number of ketones is 1. The molecule has 0 bridgehead atoms. The third-order valence-corrected chi connectivity index (χ3v) is 6.20. The van der Waals surface area contributed by atoms with Crippen LogP contribution in [0.15, 0.2) is 90.5 Å². The summed E-state index contributed by atoms with van der Waals surface area (Å²) in [4.78, 5) is 27.6. The second kappa shape index (κ2) is 8.92. The Bertz CT molecular complexity index is 1400. The Labute approximate surface area is 199 Å². The molecule has 4 aromatic rings. The number of para-hydroxylation sites is 1. The minimum absolute atomic E-state index is 0.0130. The summed E-state index contributed by atoms with van der Waals surface area (Å²) >= 11 is 1.20. The summed E-state index contributed by atoms with van der Waals surface area (Å²) in [5, 5.41) is 20.2. The van der Waals surface area contributed by atoms with Crippen LogP contribution >= 0.6 is 11.3 Å². The molecule has 1 aliphatic heterocycles. The molecule has 0 radical (unpaired) electrons. The summed E-state index contributed by atoms with van der Waals surface area (Å²) in [5.74, 6) is -0.621. The number of hydrogen-bond acceptors (Lipinski definition) is 7. The first-order valence-corrected chi connectivity index (χ1v) is 11.3. The van der Waals surface area contributed by atoms with Crippen LogP contribution in [0, 0.1) is 6.92 Å². The van der Waals surface area contributed by atoms with E-state index in [9.17, 15) is 14.7 Å². The summed E-state index contributed by atoms with van der Waals surface area (Å²) in [6.07, 6.45) is 0. The van der Waals surface area contributed by atoms with Gasteiger partial charge in [0.25, 0.3) is 5.78 Å². The van der Waals surface area contributed by atoms with Crippen LogP contribution in [0.1, 0.15) is 22.2 Å².